The summed E-state index contributed by atoms with van der Waals surface area (Å²) in [7, 11) is 0. The molecule has 0 unspecified atom stereocenters. The fourth-order valence-corrected chi connectivity index (χ4v) is 1.37. The molecule has 1 rings (SSSR count). The van der Waals surface area contributed by atoms with Crippen molar-refractivity contribution in [1.29, 1.82) is 5.26 Å². The van der Waals surface area contributed by atoms with Crippen LogP contribution in [-0.2, 0) is 4.79 Å². The van der Waals surface area contributed by atoms with Crippen molar-refractivity contribution in [2.24, 2.45) is 0 Å². The number of aliphatic carboxylic acids is 1. The zero-order valence-electron chi connectivity index (χ0n) is 9.16. The number of nitrogens with zero attached hydrogens (tertiary/aromatic N) is 1. The van der Waals surface area contributed by atoms with Gasteiger partial charge in [-0.3, -0.25) is 4.79 Å². The Balaban J connectivity index is 2.54. The summed E-state index contributed by atoms with van der Waals surface area (Å²) in [5.41, 5.74) is 2.39. The average molecular weight is 218 g/mol. The Kier molecular flexibility index (Phi) is 4.34. The highest BCUT2D eigenvalue weighted by molar-refractivity contribution is 5.66. The quantitative estimate of drug-likeness (QED) is 0.742. The number of carboxylic acid groups (broad SMARTS) is 1. The maximum Gasteiger partial charge on any atom is 0.303 e. The minimum atomic E-state index is -0.800. The minimum absolute atomic E-state index is 0.140. The van der Waals surface area contributed by atoms with E-state index in [2.05, 4.69) is 11.4 Å². The molecule has 0 radical (unpaired) electrons. The van der Waals surface area contributed by atoms with Gasteiger partial charge in [0.1, 0.15) is 6.07 Å². The molecule has 0 aliphatic heterocycles. The lowest BCUT2D eigenvalue weighted by atomic mass is 10.1. The first-order valence-electron chi connectivity index (χ1n) is 5.10. The number of benzene rings is 1. The third kappa shape index (κ3) is 3.62. The first-order valence-corrected chi connectivity index (χ1v) is 5.10. The smallest absolute Gasteiger partial charge is 0.303 e. The Labute approximate surface area is 94.5 Å². The molecule has 0 saturated carbocycles. The minimum Gasteiger partial charge on any atom is -0.481 e. The van der Waals surface area contributed by atoms with Crippen molar-refractivity contribution in [1.82, 2.24) is 0 Å². The van der Waals surface area contributed by atoms with Crippen molar-refractivity contribution in [3.8, 4) is 6.07 Å². The lowest BCUT2D eigenvalue weighted by Gasteiger charge is -2.07. The third-order valence-corrected chi connectivity index (χ3v) is 2.18. The monoisotopic (exact) mass is 218 g/mol. The summed E-state index contributed by atoms with van der Waals surface area (Å²) in [6, 6.07) is 7.67. The van der Waals surface area contributed by atoms with E-state index in [1.54, 1.807) is 6.07 Å². The molecular formula is C12H14N2O2. The van der Waals surface area contributed by atoms with E-state index < -0.39 is 5.97 Å². The molecule has 1 aromatic rings. The Hall–Kier alpha value is -2.02. The molecule has 4 heteroatoms. The van der Waals surface area contributed by atoms with Gasteiger partial charge in [-0.15, -0.1) is 0 Å². The SMILES string of the molecule is Cc1ccc(NCCCC(=O)O)c(C#N)c1. The molecule has 0 bridgehead atoms. The number of nitriles is 1. The van der Waals surface area contributed by atoms with Crippen LogP contribution in [0.15, 0.2) is 18.2 Å². The predicted octanol–water partition coefficient (Wildman–Crippen LogP) is 2.14. The average Bonchev–Trinajstić information content (AvgIpc) is 2.25. The van der Waals surface area contributed by atoms with Gasteiger partial charge in [0, 0.05) is 13.0 Å². The zero-order chi connectivity index (χ0) is 12.0. The molecule has 0 saturated heterocycles. The number of anilines is 1. The largest absolute Gasteiger partial charge is 0.481 e. The normalized spacial score (nSPS) is 9.50. The number of aryl methyl sites for hydroxylation is 1. The molecule has 0 aliphatic carbocycles. The molecule has 84 valence electrons. The molecule has 0 heterocycles. The molecule has 0 atom stereocenters. The van der Waals surface area contributed by atoms with E-state index in [1.807, 2.05) is 19.1 Å². The van der Waals surface area contributed by atoms with E-state index in [1.165, 1.54) is 0 Å². The maximum absolute atomic E-state index is 10.3. The van der Waals surface area contributed by atoms with E-state index in [9.17, 15) is 4.79 Å². The summed E-state index contributed by atoms with van der Waals surface area (Å²) >= 11 is 0. The molecule has 0 spiro atoms. The van der Waals surface area contributed by atoms with Crippen LogP contribution in [0.1, 0.15) is 24.0 Å². The van der Waals surface area contributed by atoms with Gasteiger partial charge in [-0.2, -0.15) is 5.26 Å². The van der Waals surface area contributed by atoms with Gasteiger partial charge in [-0.1, -0.05) is 6.07 Å². The van der Waals surface area contributed by atoms with Crippen molar-refractivity contribution < 1.29 is 9.90 Å². The van der Waals surface area contributed by atoms with Crippen LogP contribution in [0.2, 0.25) is 0 Å². The summed E-state index contributed by atoms with van der Waals surface area (Å²) in [6.07, 6.45) is 0.689. The molecule has 0 fully saturated rings. The van der Waals surface area contributed by atoms with E-state index in [0.29, 0.717) is 18.5 Å². The predicted molar refractivity (Wildman–Crippen MR) is 61.3 cm³/mol. The molecule has 16 heavy (non-hydrogen) atoms. The standard InChI is InChI=1S/C12H14N2O2/c1-9-4-5-11(10(7-9)8-13)14-6-2-3-12(15)16/h4-5,7,14H,2-3,6H2,1H3,(H,15,16). The van der Waals surface area contributed by atoms with Crippen LogP contribution in [-0.4, -0.2) is 17.6 Å². The molecule has 0 aromatic heterocycles. The highest BCUT2D eigenvalue weighted by Crippen LogP contribution is 2.16. The fourth-order valence-electron chi connectivity index (χ4n) is 1.37. The van der Waals surface area contributed by atoms with Crippen molar-refractivity contribution >= 4 is 11.7 Å². The summed E-state index contributed by atoms with van der Waals surface area (Å²) < 4.78 is 0. The van der Waals surface area contributed by atoms with Crippen molar-refractivity contribution in [3.63, 3.8) is 0 Å². The van der Waals surface area contributed by atoms with E-state index in [0.717, 1.165) is 11.3 Å². The van der Waals surface area contributed by atoms with Crippen LogP contribution in [0.25, 0.3) is 0 Å². The van der Waals surface area contributed by atoms with Crippen molar-refractivity contribution in [2.45, 2.75) is 19.8 Å². The summed E-state index contributed by atoms with van der Waals surface area (Å²) in [5, 5.41) is 20.4. The molecule has 0 aliphatic rings. The first kappa shape index (κ1) is 12.1. The van der Waals surface area contributed by atoms with E-state index in [-0.39, 0.29) is 6.42 Å². The van der Waals surface area contributed by atoms with Crippen LogP contribution < -0.4 is 5.32 Å². The van der Waals surface area contributed by atoms with Crippen LogP contribution in [0.5, 0.6) is 0 Å². The second-order valence-corrected chi connectivity index (χ2v) is 3.58. The van der Waals surface area contributed by atoms with Crippen molar-refractivity contribution in [2.75, 3.05) is 11.9 Å². The van der Waals surface area contributed by atoms with Gasteiger partial charge in [0.15, 0.2) is 0 Å². The second-order valence-electron chi connectivity index (χ2n) is 3.58. The number of carbonyl (C=O) groups is 1. The Bertz CT molecular complexity index is 422. The van der Waals surface area contributed by atoms with Crippen LogP contribution in [0.4, 0.5) is 5.69 Å². The highest BCUT2D eigenvalue weighted by atomic mass is 16.4. The van der Waals surface area contributed by atoms with Gasteiger partial charge in [0.05, 0.1) is 11.3 Å². The van der Waals surface area contributed by atoms with Gasteiger partial charge in [-0.05, 0) is 31.0 Å². The number of hydrogen-bond donors (Lipinski definition) is 2. The molecular weight excluding hydrogens is 204 g/mol. The highest BCUT2D eigenvalue weighted by Gasteiger charge is 2.02. The van der Waals surface area contributed by atoms with E-state index >= 15 is 0 Å². The third-order valence-electron chi connectivity index (χ3n) is 2.18. The molecule has 0 amide bonds. The fraction of sp³-hybridized carbons (Fsp3) is 0.333. The summed E-state index contributed by atoms with van der Waals surface area (Å²) in [6.45, 7) is 2.49. The topological polar surface area (TPSA) is 73.1 Å². The van der Waals surface area contributed by atoms with Gasteiger partial charge in [0.25, 0.3) is 0 Å². The van der Waals surface area contributed by atoms with Crippen LogP contribution in [0.3, 0.4) is 0 Å². The summed E-state index contributed by atoms with van der Waals surface area (Å²) in [4.78, 5) is 10.3. The van der Waals surface area contributed by atoms with Crippen LogP contribution in [0, 0.1) is 18.3 Å². The molecule has 2 N–H and O–H groups in total. The lowest BCUT2D eigenvalue weighted by molar-refractivity contribution is -0.137. The maximum atomic E-state index is 10.3. The second kappa shape index (κ2) is 5.76. The zero-order valence-corrected chi connectivity index (χ0v) is 9.16. The first-order chi connectivity index (χ1) is 7.63. The van der Waals surface area contributed by atoms with E-state index in [4.69, 9.17) is 10.4 Å². The molecule has 1 aromatic carbocycles. The number of carboxylic acids is 1. The van der Waals surface area contributed by atoms with Gasteiger partial charge >= 0.3 is 5.97 Å². The number of hydrogen-bond acceptors (Lipinski definition) is 3. The Morgan fingerprint density at radius 2 is 2.31 bits per heavy atom. The number of rotatable bonds is 5. The van der Waals surface area contributed by atoms with Gasteiger partial charge in [0.2, 0.25) is 0 Å². The van der Waals surface area contributed by atoms with Crippen LogP contribution >= 0.6 is 0 Å². The Morgan fingerprint density at radius 1 is 1.56 bits per heavy atom. The number of nitrogens with one attached hydrogen (secondary N) is 1. The lowest BCUT2D eigenvalue weighted by Crippen LogP contribution is -2.06. The summed E-state index contributed by atoms with van der Waals surface area (Å²) in [5.74, 6) is -0.800. The van der Waals surface area contributed by atoms with Gasteiger partial charge < -0.3 is 10.4 Å². The van der Waals surface area contributed by atoms with Gasteiger partial charge in [-0.25, -0.2) is 0 Å². The van der Waals surface area contributed by atoms with Crippen molar-refractivity contribution in [3.05, 3.63) is 29.3 Å². The Morgan fingerprint density at radius 3 is 2.94 bits per heavy atom. The molecule has 4 nitrogen and oxygen atoms in total.